The summed E-state index contributed by atoms with van der Waals surface area (Å²) in [4.78, 5) is 26.7. The van der Waals surface area contributed by atoms with Crippen LogP contribution in [0.25, 0.3) is 0 Å². The minimum atomic E-state index is 0.0312. The number of nitrogens with one attached hydrogen (secondary N) is 1. The van der Waals surface area contributed by atoms with E-state index >= 15 is 0 Å². The molecule has 1 saturated carbocycles. The van der Waals surface area contributed by atoms with Gasteiger partial charge < -0.3 is 14.6 Å². The maximum Gasteiger partial charge on any atom is 0.225 e. The highest BCUT2D eigenvalue weighted by atomic mass is 16.3. The summed E-state index contributed by atoms with van der Waals surface area (Å²) in [7, 11) is 0. The van der Waals surface area contributed by atoms with Crippen molar-refractivity contribution in [2.24, 2.45) is 23.7 Å². The van der Waals surface area contributed by atoms with Crippen molar-refractivity contribution in [3.05, 3.63) is 24.2 Å². The second kappa shape index (κ2) is 6.15. The molecule has 0 spiro atoms. The monoisotopic (exact) mass is 304 g/mol. The molecule has 3 rings (SSSR count). The van der Waals surface area contributed by atoms with E-state index in [4.69, 9.17) is 4.42 Å². The molecule has 2 aliphatic rings. The van der Waals surface area contributed by atoms with Gasteiger partial charge in [-0.1, -0.05) is 13.8 Å². The first-order valence-corrected chi connectivity index (χ1v) is 8.15. The summed E-state index contributed by atoms with van der Waals surface area (Å²) in [5.41, 5.74) is 0. The fourth-order valence-electron chi connectivity index (χ4n) is 3.90. The number of hydrogen-bond acceptors (Lipinski definition) is 3. The minimum Gasteiger partial charge on any atom is -0.467 e. The largest absolute Gasteiger partial charge is 0.467 e. The lowest BCUT2D eigenvalue weighted by Crippen LogP contribution is -2.50. The second-order valence-electron chi connectivity index (χ2n) is 6.82. The summed E-state index contributed by atoms with van der Waals surface area (Å²) < 4.78 is 5.25. The van der Waals surface area contributed by atoms with E-state index in [1.54, 1.807) is 6.26 Å². The number of carbonyl (C=O) groups is 2. The van der Waals surface area contributed by atoms with Gasteiger partial charge >= 0.3 is 0 Å². The molecule has 1 aliphatic carbocycles. The first-order chi connectivity index (χ1) is 10.6. The van der Waals surface area contributed by atoms with Crippen molar-refractivity contribution in [2.45, 2.75) is 33.2 Å². The van der Waals surface area contributed by atoms with Gasteiger partial charge in [-0.25, -0.2) is 0 Å². The van der Waals surface area contributed by atoms with Crippen LogP contribution in [0.3, 0.4) is 0 Å². The first kappa shape index (κ1) is 15.1. The maximum absolute atomic E-state index is 12.5. The van der Waals surface area contributed by atoms with Crippen LogP contribution in [-0.4, -0.2) is 29.8 Å². The number of amides is 2. The predicted molar refractivity (Wildman–Crippen MR) is 81.7 cm³/mol. The van der Waals surface area contributed by atoms with E-state index in [1.807, 2.05) is 30.9 Å². The number of rotatable bonds is 4. The molecule has 1 unspecified atom stereocenters. The molecule has 1 aromatic heterocycles. The first-order valence-electron chi connectivity index (χ1n) is 8.15. The Balaban J connectivity index is 1.60. The van der Waals surface area contributed by atoms with E-state index in [-0.39, 0.29) is 23.7 Å². The normalized spacial score (nSPS) is 27.2. The molecule has 2 heterocycles. The highest BCUT2D eigenvalue weighted by molar-refractivity contribution is 5.81. The van der Waals surface area contributed by atoms with E-state index in [0.717, 1.165) is 31.7 Å². The Labute approximate surface area is 131 Å². The molecular weight excluding hydrogens is 280 g/mol. The van der Waals surface area contributed by atoms with Gasteiger partial charge in [0.25, 0.3) is 0 Å². The molecule has 2 fully saturated rings. The molecule has 1 aromatic rings. The van der Waals surface area contributed by atoms with Gasteiger partial charge in [-0.2, -0.15) is 0 Å². The minimum absolute atomic E-state index is 0.0312. The zero-order valence-electron chi connectivity index (χ0n) is 13.2. The van der Waals surface area contributed by atoms with Crippen molar-refractivity contribution in [1.29, 1.82) is 0 Å². The fraction of sp³-hybridized carbons (Fsp3) is 0.647. The number of carbonyl (C=O) groups excluding carboxylic acids is 2. The molecule has 5 nitrogen and oxygen atoms in total. The highest BCUT2D eigenvalue weighted by Gasteiger charge is 2.46. The summed E-state index contributed by atoms with van der Waals surface area (Å²) in [5, 5.41) is 2.99. The van der Waals surface area contributed by atoms with Crippen molar-refractivity contribution in [1.82, 2.24) is 10.2 Å². The number of nitrogens with zero attached hydrogens (tertiary/aromatic N) is 1. The standard InChI is InChI=1S/C17H24N2O3/c1-11(2)17(21)19-9-12-5-6-13(10-19)15(12)16(20)18-8-14-4-3-7-22-14/h3-4,7,11-13,15H,5-6,8-10H2,1-2H3,(H,18,20)/t12-,13+,15?. The van der Waals surface area contributed by atoms with Gasteiger partial charge in [-0.15, -0.1) is 0 Å². The van der Waals surface area contributed by atoms with Crippen LogP contribution in [0.15, 0.2) is 22.8 Å². The quantitative estimate of drug-likeness (QED) is 0.926. The van der Waals surface area contributed by atoms with Crippen LogP contribution in [0, 0.1) is 23.7 Å². The number of likely N-dealkylation sites (tertiary alicyclic amines) is 1. The smallest absolute Gasteiger partial charge is 0.225 e. The highest BCUT2D eigenvalue weighted by Crippen LogP contribution is 2.42. The summed E-state index contributed by atoms with van der Waals surface area (Å²) in [6, 6.07) is 3.68. The van der Waals surface area contributed by atoms with Crippen molar-refractivity contribution in [3.8, 4) is 0 Å². The molecule has 5 heteroatoms. The lowest BCUT2D eigenvalue weighted by Gasteiger charge is -2.38. The third kappa shape index (κ3) is 2.89. The molecular formula is C17H24N2O3. The number of hydrogen-bond donors (Lipinski definition) is 1. The Morgan fingerprint density at radius 3 is 2.55 bits per heavy atom. The molecule has 0 radical (unpaired) electrons. The van der Waals surface area contributed by atoms with Crippen LogP contribution in [0.2, 0.25) is 0 Å². The lowest BCUT2D eigenvalue weighted by atomic mass is 9.84. The van der Waals surface area contributed by atoms with Crippen molar-refractivity contribution >= 4 is 11.8 Å². The van der Waals surface area contributed by atoms with Gasteiger partial charge in [-0.3, -0.25) is 9.59 Å². The summed E-state index contributed by atoms with van der Waals surface area (Å²) >= 11 is 0. The van der Waals surface area contributed by atoms with Crippen LogP contribution in [-0.2, 0) is 16.1 Å². The van der Waals surface area contributed by atoms with Crippen molar-refractivity contribution in [2.75, 3.05) is 13.1 Å². The van der Waals surface area contributed by atoms with Gasteiger partial charge in [0.15, 0.2) is 0 Å². The van der Waals surface area contributed by atoms with Gasteiger partial charge in [-0.05, 0) is 36.8 Å². The third-order valence-electron chi connectivity index (χ3n) is 4.96. The van der Waals surface area contributed by atoms with Gasteiger partial charge in [0, 0.05) is 24.9 Å². The van der Waals surface area contributed by atoms with Crippen molar-refractivity contribution < 1.29 is 14.0 Å². The zero-order valence-corrected chi connectivity index (χ0v) is 13.2. The molecule has 1 N–H and O–H groups in total. The van der Waals surface area contributed by atoms with Gasteiger partial charge in [0.05, 0.1) is 12.8 Å². The average Bonchev–Trinajstić information content (AvgIpc) is 3.10. The van der Waals surface area contributed by atoms with E-state index in [2.05, 4.69) is 5.32 Å². The lowest BCUT2D eigenvalue weighted by molar-refractivity contribution is -0.141. The predicted octanol–water partition coefficient (Wildman–Crippen LogP) is 2.04. The van der Waals surface area contributed by atoms with E-state index < -0.39 is 0 Å². The van der Waals surface area contributed by atoms with Crippen molar-refractivity contribution in [3.63, 3.8) is 0 Å². The molecule has 3 atom stereocenters. The van der Waals surface area contributed by atoms with Crippen LogP contribution in [0.4, 0.5) is 0 Å². The van der Waals surface area contributed by atoms with E-state index in [0.29, 0.717) is 18.4 Å². The van der Waals surface area contributed by atoms with Crippen LogP contribution in [0.1, 0.15) is 32.4 Å². The second-order valence-corrected chi connectivity index (χ2v) is 6.82. The zero-order chi connectivity index (χ0) is 15.7. The molecule has 120 valence electrons. The molecule has 2 amide bonds. The molecule has 22 heavy (non-hydrogen) atoms. The Morgan fingerprint density at radius 1 is 1.32 bits per heavy atom. The van der Waals surface area contributed by atoms with E-state index in [9.17, 15) is 9.59 Å². The summed E-state index contributed by atoms with van der Waals surface area (Å²) in [6.07, 6.45) is 3.71. The molecule has 1 aliphatic heterocycles. The Hall–Kier alpha value is -1.78. The van der Waals surface area contributed by atoms with Gasteiger partial charge in [0.2, 0.25) is 11.8 Å². The molecule has 1 saturated heterocycles. The van der Waals surface area contributed by atoms with Gasteiger partial charge in [0.1, 0.15) is 5.76 Å². The van der Waals surface area contributed by atoms with E-state index in [1.165, 1.54) is 0 Å². The SMILES string of the molecule is CC(C)C(=O)N1C[C@H]2CC[C@@H](C1)C2C(=O)NCc1ccco1. The summed E-state index contributed by atoms with van der Waals surface area (Å²) in [5.74, 6) is 1.78. The maximum atomic E-state index is 12.5. The number of fused-ring (bicyclic) bond motifs is 2. The number of piperidine rings is 1. The average molecular weight is 304 g/mol. The third-order valence-corrected chi connectivity index (χ3v) is 4.96. The molecule has 0 aromatic carbocycles. The Bertz CT molecular complexity index is 524. The van der Waals surface area contributed by atoms with Crippen LogP contribution < -0.4 is 5.32 Å². The number of furan rings is 1. The Morgan fingerprint density at radius 2 is 2.00 bits per heavy atom. The summed E-state index contributed by atoms with van der Waals surface area (Å²) in [6.45, 7) is 5.77. The molecule has 2 bridgehead atoms. The fourth-order valence-corrected chi connectivity index (χ4v) is 3.90. The van der Waals surface area contributed by atoms with Crippen LogP contribution in [0.5, 0.6) is 0 Å². The topological polar surface area (TPSA) is 62.6 Å². The van der Waals surface area contributed by atoms with Crippen LogP contribution >= 0.6 is 0 Å². The Kier molecular flexibility index (Phi) is 4.23.